The molecule has 6 heteroatoms. The molecule has 0 saturated carbocycles. The van der Waals surface area contributed by atoms with Crippen molar-refractivity contribution in [1.29, 1.82) is 0 Å². The number of aryl methyl sites for hydroxylation is 1. The van der Waals surface area contributed by atoms with E-state index in [1.54, 1.807) is 12.1 Å². The van der Waals surface area contributed by atoms with Gasteiger partial charge in [-0.25, -0.2) is 8.42 Å². The fourth-order valence-electron chi connectivity index (χ4n) is 1.85. The van der Waals surface area contributed by atoms with Crippen LogP contribution in [0.15, 0.2) is 18.2 Å². The molecule has 1 fully saturated rings. The van der Waals surface area contributed by atoms with Gasteiger partial charge in [0.15, 0.2) is 0 Å². The van der Waals surface area contributed by atoms with Crippen molar-refractivity contribution in [2.24, 2.45) is 0 Å². The van der Waals surface area contributed by atoms with E-state index < -0.39 is 10.0 Å². The first kappa shape index (κ1) is 12.7. The Morgan fingerprint density at radius 2 is 2.24 bits per heavy atom. The molecule has 4 nitrogen and oxygen atoms in total. The third kappa shape index (κ3) is 2.91. The summed E-state index contributed by atoms with van der Waals surface area (Å²) >= 11 is 5.97. The third-order valence-corrected chi connectivity index (χ3v) is 4.94. The molecule has 1 aliphatic heterocycles. The lowest BCUT2D eigenvalue weighted by Crippen LogP contribution is -2.29. The predicted octanol–water partition coefficient (Wildman–Crippen LogP) is 1.75. The Hall–Kier alpha value is -0.780. The Labute approximate surface area is 106 Å². The Kier molecular flexibility index (Phi) is 3.61. The fourth-order valence-corrected chi connectivity index (χ4v) is 3.48. The zero-order valence-electron chi connectivity index (χ0n) is 9.53. The SMILES string of the molecule is Cc1ccc(Cl)c(NS(=O)(=O)C2CCNC2)c1. The Morgan fingerprint density at radius 3 is 2.88 bits per heavy atom. The molecule has 0 bridgehead atoms. The van der Waals surface area contributed by atoms with Crippen LogP contribution in [-0.2, 0) is 10.0 Å². The Bertz CT molecular complexity index is 510. The zero-order valence-corrected chi connectivity index (χ0v) is 11.1. The number of hydrogen-bond donors (Lipinski definition) is 2. The van der Waals surface area contributed by atoms with E-state index in [-0.39, 0.29) is 5.25 Å². The van der Waals surface area contributed by atoms with Gasteiger partial charge in [-0.15, -0.1) is 0 Å². The molecule has 1 atom stereocenters. The van der Waals surface area contributed by atoms with E-state index in [1.807, 2.05) is 13.0 Å². The minimum Gasteiger partial charge on any atom is -0.315 e. The van der Waals surface area contributed by atoms with Gasteiger partial charge in [-0.1, -0.05) is 17.7 Å². The van der Waals surface area contributed by atoms with Crippen LogP contribution in [0.5, 0.6) is 0 Å². The van der Waals surface area contributed by atoms with E-state index in [0.717, 1.165) is 12.1 Å². The molecular formula is C11H15ClN2O2S. The Morgan fingerprint density at radius 1 is 1.47 bits per heavy atom. The second-order valence-electron chi connectivity index (χ2n) is 4.25. The summed E-state index contributed by atoms with van der Waals surface area (Å²) in [5.41, 5.74) is 1.43. The monoisotopic (exact) mass is 274 g/mol. The molecule has 1 saturated heterocycles. The minimum absolute atomic E-state index is 0.376. The smallest absolute Gasteiger partial charge is 0.236 e. The van der Waals surface area contributed by atoms with Crippen molar-refractivity contribution in [2.75, 3.05) is 17.8 Å². The number of hydrogen-bond acceptors (Lipinski definition) is 3. The molecule has 0 amide bonds. The fraction of sp³-hybridized carbons (Fsp3) is 0.455. The van der Waals surface area contributed by atoms with E-state index in [9.17, 15) is 8.42 Å². The van der Waals surface area contributed by atoms with Crippen molar-refractivity contribution in [3.63, 3.8) is 0 Å². The molecule has 0 spiro atoms. The van der Waals surface area contributed by atoms with Gasteiger partial charge >= 0.3 is 0 Å². The predicted molar refractivity (Wildman–Crippen MR) is 70.0 cm³/mol. The van der Waals surface area contributed by atoms with E-state index in [4.69, 9.17) is 11.6 Å². The van der Waals surface area contributed by atoms with Crippen LogP contribution in [0.4, 0.5) is 5.69 Å². The highest BCUT2D eigenvalue weighted by molar-refractivity contribution is 7.93. The highest BCUT2D eigenvalue weighted by Gasteiger charge is 2.28. The average molecular weight is 275 g/mol. The van der Waals surface area contributed by atoms with Crippen LogP contribution in [-0.4, -0.2) is 26.8 Å². The van der Waals surface area contributed by atoms with Crippen molar-refractivity contribution >= 4 is 27.3 Å². The summed E-state index contributed by atoms with van der Waals surface area (Å²) in [5, 5.41) is 3.08. The molecule has 1 aromatic rings. The van der Waals surface area contributed by atoms with Crippen LogP contribution in [0.25, 0.3) is 0 Å². The zero-order chi connectivity index (χ0) is 12.5. The number of anilines is 1. The molecule has 1 heterocycles. The average Bonchev–Trinajstić information content (AvgIpc) is 2.77. The topological polar surface area (TPSA) is 58.2 Å². The highest BCUT2D eigenvalue weighted by Crippen LogP contribution is 2.25. The molecule has 94 valence electrons. The van der Waals surface area contributed by atoms with E-state index in [2.05, 4.69) is 10.0 Å². The van der Waals surface area contributed by atoms with E-state index in [1.165, 1.54) is 0 Å². The van der Waals surface area contributed by atoms with E-state index in [0.29, 0.717) is 23.7 Å². The first-order chi connectivity index (χ1) is 7.99. The first-order valence-electron chi connectivity index (χ1n) is 5.47. The molecule has 2 N–H and O–H groups in total. The highest BCUT2D eigenvalue weighted by atomic mass is 35.5. The van der Waals surface area contributed by atoms with Crippen LogP contribution in [0.3, 0.4) is 0 Å². The van der Waals surface area contributed by atoms with Crippen LogP contribution in [0.2, 0.25) is 5.02 Å². The Balaban J connectivity index is 2.22. The maximum Gasteiger partial charge on any atom is 0.236 e. The number of sulfonamides is 1. The minimum atomic E-state index is -3.35. The molecule has 1 unspecified atom stereocenters. The lowest BCUT2D eigenvalue weighted by Gasteiger charge is -2.14. The van der Waals surface area contributed by atoms with Crippen LogP contribution >= 0.6 is 11.6 Å². The number of nitrogens with one attached hydrogen (secondary N) is 2. The normalized spacial score (nSPS) is 20.5. The second kappa shape index (κ2) is 4.84. The molecule has 1 aliphatic rings. The van der Waals surface area contributed by atoms with Gasteiger partial charge in [-0.3, -0.25) is 4.72 Å². The van der Waals surface area contributed by atoms with Gasteiger partial charge in [0.1, 0.15) is 0 Å². The standard InChI is InChI=1S/C11H15ClN2O2S/c1-8-2-3-10(12)11(6-8)14-17(15,16)9-4-5-13-7-9/h2-3,6,9,13-14H,4-5,7H2,1H3. The summed E-state index contributed by atoms with van der Waals surface area (Å²) in [6.45, 7) is 3.14. The van der Waals surface area contributed by atoms with Gasteiger partial charge in [-0.05, 0) is 37.6 Å². The summed E-state index contributed by atoms with van der Waals surface area (Å²) in [6, 6.07) is 5.28. The van der Waals surface area contributed by atoms with Gasteiger partial charge in [-0.2, -0.15) is 0 Å². The van der Waals surface area contributed by atoms with Crippen molar-refractivity contribution in [3.05, 3.63) is 28.8 Å². The summed E-state index contributed by atoms with van der Waals surface area (Å²) in [4.78, 5) is 0. The van der Waals surface area contributed by atoms with E-state index >= 15 is 0 Å². The van der Waals surface area contributed by atoms with Gasteiger partial charge < -0.3 is 5.32 Å². The van der Waals surface area contributed by atoms with Gasteiger partial charge in [0.05, 0.1) is 16.0 Å². The van der Waals surface area contributed by atoms with Gasteiger partial charge in [0, 0.05) is 6.54 Å². The molecule has 0 radical (unpaired) electrons. The van der Waals surface area contributed by atoms with Gasteiger partial charge in [0.25, 0.3) is 0 Å². The number of benzene rings is 1. The summed E-state index contributed by atoms with van der Waals surface area (Å²) < 4.78 is 26.7. The summed E-state index contributed by atoms with van der Waals surface area (Å²) in [6.07, 6.45) is 0.638. The van der Waals surface area contributed by atoms with Crippen LogP contribution < -0.4 is 10.0 Å². The maximum absolute atomic E-state index is 12.1. The number of rotatable bonds is 3. The second-order valence-corrected chi connectivity index (χ2v) is 6.61. The lowest BCUT2D eigenvalue weighted by atomic mass is 10.2. The third-order valence-electron chi connectivity index (χ3n) is 2.83. The van der Waals surface area contributed by atoms with Crippen molar-refractivity contribution in [2.45, 2.75) is 18.6 Å². The molecule has 2 rings (SSSR count). The lowest BCUT2D eigenvalue weighted by molar-refractivity contribution is 0.588. The summed E-state index contributed by atoms with van der Waals surface area (Å²) in [7, 11) is -3.35. The van der Waals surface area contributed by atoms with Crippen molar-refractivity contribution < 1.29 is 8.42 Å². The molecule has 1 aromatic carbocycles. The first-order valence-corrected chi connectivity index (χ1v) is 7.40. The van der Waals surface area contributed by atoms with Crippen molar-refractivity contribution in [1.82, 2.24) is 5.32 Å². The summed E-state index contributed by atoms with van der Waals surface area (Å²) in [5.74, 6) is 0. The molecule has 17 heavy (non-hydrogen) atoms. The van der Waals surface area contributed by atoms with Crippen molar-refractivity contribution in [3.8, 4) is 0 Å². The maximum atomic E-state index is 12.1. The van der Waals surface area contributed by atoms with Crippen LogP contribution in [0.1, 0.15) is 12.0 Å². The number of halogens is 1. The quantitative estimate of drug-likeness (QED) is 0.883. The van der Waals surface area contributed by atoms with Gasteiger partial charge in [0.2, 0.25) is 10.0 Å². The largest absolute Gasteiger partial charge is 0.315 e. The molecule has 0 aliphatic carbocycles. The molecular weight excluding hydrogens is 260 g/mol. The molecule has 0 aromatic heterocycles. The van der Waals surface area contributed by atoms with Crippen LogP contribution in [0, 0.1) is 6.92 Å².